The molecule has 1 aliphatic rings. The van der Waals surface area contributed by atoms with E-state index in [1.807, 2.05) is 0 Å². The van der Waals surface area contributed by atoms with E-state index in [1.165, 1.54) is 17.0 Å². The quantitative estimate of drug-likeness (QED) is 0.768. The van der Waals surface area contributed by atoms with Crippen LogP contribution in [-0.2, 0) is 19.4 Å². The lowest BCUT2D eigenvalue weighted by atomic mass is 10.0. The summed E-state index contributed by atoms with van der Waals surface area (Å²) in [7, 11) is 4.18. The van der Waals surface area contributed by atoms with Crippen LogP contribution in [0.5, 0.6) is 0 Å². The fourth-order valence-corrected chi connectivity index (χ4v) is 1.88. The molecule has 1 aliphatic heterocycles. The van der Waals surface area contributed by atoms with Crippen LogP contribution in [-0.4, -0.2) is 42.1 Å². The van der Waals surface area contributed by atoms with Crippen molar-refractivity contribution < 1.29 is 0 Å². The van der Waals surface area contributed by atoms with Crippen molar-refractivity contribution in [3.8, 4) is 0 Å². The van der Waals surface area contributed by atoms with E-state index >= 15 is 0 Å². The molecule has 1 aromatic heterocycles. The summed E-state index contributed by atoms with van der Waals surface area (Å²) in [6.07, 6.45) is 3.75. The van der Waals surface area contributed by atoms with E-state index in [0.717, 1.165) is 32.5 Å². The summed E-state index contributed by atoms with van der Waals surface area (Å²) in [6.45, 7) is 3.01. The van der Waals surface area contributed by atoms with Gasteiger partial charge in [0.1, 0.15) is 6.33 Å². The predicted molar refractivity (Wildman–Crippen MR) is 59.7 cm³/mol. The van der Waals surface area contributed by atoms with Crippen molar-refractivity contribution in [2.24, 2.45) is 0 Å². The molecular weight excluding hydrogens is 188 g/mol. The Bertz CT molecular complexity index is 335. The van der Waals surface area contributed by atoms with E-state index in [0.29, 0.717) is 0 Å². The van der Waals surface area contributed by atoms with E-state index in [9.17, 15) is 0 Å². The minimum absolute atomic E-state index is 0.929. The second-order valence-electron chi connectivity index (χ2n) is 4.23. The van der Waals surface area contributed by atoms with Crippen molar-refractivity contribution in [1.82, 2.24) is 20.2 Å². The number of hydrogen-bond acceptors (Lipinski definition) is 4. The Labute approximate surface area is 90.7 Å². The van der Waals surface area contributed by atoms with Gasteiger partial charge in [-0.05, 0) is 14.1 Å². The lowest BCUT2D eigenvalue weighted by molar-refractivity contribution is 0.410. The average molecular weight is 206 g/mol. The molecule has 4 heteroatoms. The minimum Gasteiger partial charge on any atom is -0.312 e. The number of rotatable bonds is 3. The van der Waals surface area contributed by atoms with Crippen molar-refractivity contribution in [3.05, 3.63) is 23.3 Å². The molecule has 15 heavy (non-hydrogen) atoms. The normalized spacial score (nSPS) is 15.4. The Morgan fingerprint density at radius 1 is 1.40 bits per heavy atom. The first-order valence-corrected chi connectivity index (χ1v) is 5.44. The fraction of sp³-hybridized carbons (Fsp3) is 0.636. The highest BCUT2D eigenvalue weighted by atomic mass is 15.0. The van der Waals surface area contributed by atoms with Crippen LogP contribution in [0.3, 0.4) is 0 Å². The molecule has 1 aromatic rings. The van der Waals surface area contributed by atoms with Gasteiger partial charge in [0.15, 0.2) is 0 Å². The van der Waals surface area contributed by atoms with Crippen LogP contribution < -0.4 is 5.32 Å². The van der Waals surface area contributed by atoms with Gasteiger partial charge in [0.05, 0.1) is 0 Å². The molecule has 0 radical (unpaired) electrons. The standard InChI is InChI=1S/C11H18N4/c1-15(2)6-4-11-9-7-12-5-3-10(9)13-8-14-11/h8,12H,3-7H2,1-2H3. The van der Waals surface area contributed by atoms with E-state index in [4.69, 9.17) is 0 Å². The summed E-state index contributed by atoms with van der Waals surface area (Å²) in [5, 5.41) is 3.38. The Kier molecular flexibility index (Phi) is 3.28. The first kappa shape index (κ1) is 10.5. The van der Waals surface area contributed by atoms with Crippen LogP contribution in [0.25, 0.3) is 0 Å². The van der Waals surface area contributed by atoms with Gasteiger partial charge in [0.2, 0.25) is 0 Å². The fourth-order valence-electron chi connectivity index (χ4n) is 1.88. The Morgan fingerprint density at radius 3 is 3.07 bits per heavy atom. The van der Waals surface area contributed by atoms with Crippen LogP contribution >= 0.6 is 0 Å². The second-order valence-corrected chi connectivity index (χ2v) is 4.23. The lowest BCUT2D eigenvalue weighted by Crippen LogP contribution is -2.27. The van der Waals surface area contributed by atoms with Crippen molar-refractivity contribution in [3.63, 3.8) is 0 Å². The van der Waals surface area contributed by atoms with Crippen LogP contribution in [0, 0.1) is 0 Å². The molecule has 0 aromatic carbocycles. The number of nitrogens with zero attached hydrogens (tertiary/aromatic N) is 3. The van der Waals surface area contributed by atoms with Gasteiger partial charge in [0, 0.05) is 49.4 Å². The molecule has 0 saturated heterocycles. The van der Waals surface area contributed by atoms with Crippen LogP contribution in [0.2, 0.25) is 0 Å². The minimum atomic E-state index is 0.929. The third-order valence-corrected chi connectivity index (χ3v) is 2.76. The maximum Gasteiger partial charge on any atom is 0.115 e. The first-order chi connectivity index (χ1) is 7.27. The van der Waals surface area contributed by atoms with E-state index < -0.39 is 0 Å². The predicted octanol–water partition coefficient (Wildman–Crippen LogP) is 0.226. The Balaban J connectivity index is 2.16. The SMILES string of the molecule is CN(C)CCc1ncnc2c1CNCC2. The summed E-state index contributed by atoms with van der Waals surface area (Å²) < 4.78 is 0. The summed E-state index contributed by atoms with van der Waals surface area (Å²) in [4.78, 5) is 10.9. The number of nitrogens with one attached hydrogen (secondary N) is 1. The van der Waals surface area contributed by atoms with Crippen molar-refractivity contribution >= 4 is 0 Å². The number of aromatic nitrogens is 2. The van der Waals surface area contributed by atoms with Crippen molar-refractivity contribution in [2.45, 2.75) is 19.4 Å². The van der Waals surface area contributed by atoms with Gasteiger partial charge >= 0.3 is 0 Å². The molecule has 82 valence electrons. The number of likely N-dealkylation sites (N-methyl/N-ethyl adjacent to an activating group) is 1. The monoisotopic (exact) mass is 206 g/mol. The molecule has 4 nitrogen and oxygen atoms in total. The van der Waals surface area contributed by atoms with Crippen LogP contribution in [0.4, 0.5) is 0 Å². The molecular formula is C11H18N4. The third-order valence-electron chi connectivity index (χ3n) is 2.76. The maximum absolute atomic E-state index is 4.39. The molecule has 0 atom stereocenters. The van der Waals surface area contributed by atoms with Gasteiger partial charge in [0.25, 0.3) is 0 Å². The molecule has 2 rings (SSSR count). The Hall–Kier alpha value is -1.00. The van der Waals surface area contributed by atoms with E-state index in [1.54, 1.807) is 6.33 Å². The number of fused-ring (bicyclic) bond motifs is 1. The van der Waals surface area contributed by atoms with E-state index in [2.05, 4.69) is 34.3 Å². The molecule has 0 aliphatic carbocycles. The van der Waals surface area contributed by atoms with Crippen molar-refractivity contribution in [1.29, 1.82) is 0 Å². The van der Waals surface area contributed by atoms with Crippen molar-refractivity contribution in [2.75, 3.05) is 27.2 Å². The highest BCUT2D eigenvalue weighted by molar-refractivity contribution is 5.27. The zero-order valence-electron chi connectivity index (χ0n) is 9.45. The molecule has 0 spiro atoms. The second kappa shape index (κ2) is 4.68. The smallest absolute Gasteiger partial charge is 0.115 e. The van der Waals surface area contributed by atoms with Gasteiger partial charge in [-0.1, -0.05) is 0 Å². The Morgan fingerprint density at radius 2 is 2.27 bits per heavy atom. The molecule has 0 fully saturated rings. The maximum atomic E-state index is 4.39. The lowest BCUT2D eigenvalue weighted by Gasteiger charge is -2.19. The summed E-state index contributed by atoms with van der Waals surface area (Å²) in [5.41, 5.74) is 3.77. The van der Waals surface area contributed by atoms with Crippen LogP contribution in [0.15, 0.2) is 6.33 Å². The van der Waals surface area contributed by atoms with Gasteiger partial charge < -0.3 is 10.2 Å². The van der Waals surface area contributed by atoms with Gasteiger partial charge in [-0.2, -0.15) is 0 Å². The molecule has 0 bridgehead atoms. The first-order valence-electron chi connectivity index (χ1n) is 5.44. The van der Waals surface area contributed by atoms with Crippen LogP contribution in [0.1, 0.15) is 17.0 Å². The number of hydrogen-bond donors (Lipinski definition) is 1. The highest BCUT2D eigenvalue weighted by Gasteiger charge is 2.14. The molecule has 0 saturated carbocycles. The van der Waals surface area contributed by atoms with Gasteiger partial charge in [-0.25, -0.2) is 9.97 Å². The average Bonchev–Trinajstić information content (AvgIpc) is 2.26. The molecule has 1 N–H and O–H groups in total. The van der Waals surface area contributed by atoms with E-state index in [-0.39, 0.29) is 0 Å². The van der Waals surface area contributed by atoms with Gasteiger partial charge in [-0.3, -0.25) is 0 Å². The zero-order chi connectivity index (χ0) is 10.7. The highest BCUT2D eigenvalue weighted by Crippen LogP contribution is 2.14. The van der Waals surface area contributed by atoms with Gasteiger partial charge in [-0.15, -0.1) is 0 Å². The third kappa shape index (κ3) is 2.52. The topological polar surface area (TPSA) is 41.1 Å². The largest absolute Gasteiger partial charge is 0.312 e. The zero-order valence-corrected chi connectivity index (χ0v) is 9.45. The molecule has 0 unspecified atom stereocenters. The summed E-state index contributed by atoms with van der Waals surface area (Å²) in [6, 6.07) is 0. The summed E-state index contributed by atoms with van der Waals surface area (Å²) in [5.74, 6) is 0. The molecule has 2 heterocycles. The summed E-state index contributed by atoms with van der Waals surface area (Å²) >= 11 is 0. The molecule has 0 amide bonds.